The average Bonchev–Trinajstić information content (AvgIpc) is 4.13. The Balaban J connectivity index is -0.000000228. The molecule has 21 heteroatoms. The minimum atomic E-state index is -4.35. The van der Waals surface area contributed by atoms with E-state index in [0.717, 1.165) is 44.9 Å². The van der Waals surface area contributed by atoms with E-state index in [0.29, 0.717) is 19.1 Å². The van der Waals surface area contributed by atoms with Crippen molar-refractivity contribution >= 4 is 23.7 Å². The van der Waals surface area contributed by atoms with Crippen LogP contribution in [0.25, 0.3) is 0 Å². The van der Waals surface area contributed by atoms with E-state index in [9.17, 15) is 50.6 Å². The molecule has 0 spiro atoms. The van der Waals surface area contributed by atoms with Gasteiger partial charge in [0.05, 0.1) is 32.3 Å². The third-order valence-corrected chi connectivity index (χ3v) is 10.0. The van der Waals surface area contributed by atoms with Gasteiger partial charge in [-0.15, -0.1) is 0 Å². The number of alkyl halides is 6. The Hall–Kier alpha value is -2.66. The lowest BCUT2D eigenvalue weighted by Gasteiger charge is -2.29. The van der Waals surface area contributed by atoms with Gasteiger partial charge >= 0.3 is 30.3 Å². The molecule has 0 aliphatic carbocycles. The topological polar surface area (TPSA) is 217 Å². The molecule has 68 heavy (non-hydrogen) atoms. The zero-order valence-electron chi connectivity index (χ0n) is 43.0. The zero-order chi connectivity index (χ0) is 53.7. The van der Waals surface area contributed by atoms with E-state index in [1.54, 1.807) is 48.5 Å². The summed E-state index contributed by atoms with van der Waals surface area (Å²) in [7, 11) is 0. The summed E-state index contributed by atoms with van der Waals surface area (Å²) in [6.45, 7) is 36.1. The molecule has 3 aliphatic rings. The molecule has 3 heterocycles. The first-order valence-corrected chi connectivity index (χ1v) is 23.2. The number of carboxylic acid groups (broad SMARTS) is 2. The standard InChI is InChI=1S/C9H19NO2.C7H12F3N.C7H15N.C7H14O3.C6H9F3O.2C5H10O3.CH4/c1-8(2)9(11)7-10-3-5-12-6-4-10;1-5(2)11-4-6(11)3-7(8,9)10;1-4-7-5-8(7)6(2)3;1-4-10-7(9)6(8)5(2)3;1-4(2)5(10)3-6(7,8)9;2*1-3(2)4(6)5(7)8;/h8-9,11H,3-7H2,1-2H3;5-6H,3-4H2,1-2H3;6-7H,4-5H2,1-3H3;5-6,8H,4H2,1-3H3;4H,3H2,1-2H3;2*3-4,6H,1-2H3,(H,7,8);1H4/t;6-,11?;7-,8?;6-;;2*4-;/m.000.10./s1. The van der Waals surface area contributed by atoms with E-state index in [2.05, 4.69) is 35.3 Å². The van der Waals surface area contributed by atoms with Crippen LogP contribution in [0.5, 0.6) is 0 Å². The summed E-state index contributed by atoms with van der Waals surface area (Å²) in [5, 5.41) is 52.1. The highest BCUT2D eigenvalue weighted by atomic mass is 19.4. The van der Waals surface area contributed by atoms with Gasteiger partial charge in [0, 0.05) is 62.8 Å². The van der Waals surface area contributed by atoms with Gasteiger partial charge in [-0.05, 0) is 64.7 Å². The summed E-state index contributed by atoms with van der Waals surface area (Å²) in [4.78, 5) is 47.5. The first-order valence-electron chi connectivity index (χ1n) is 23.2. The number of carbonyl (C=O) groups excluding carboxylic acids is 2. The predicted molar refractivity (Wildman–Crippen MR) is 252 cm³/mol. The Kier molecular flexibility index (Phi) is 41.6. The number of aliphatic carboxylic acids is 2. The van der Waals surface area contributed by atoms with Gasteiger partial charge in [0.15, 0.2) is 18.3 Å². The highest BCUT2D eigenvalue weighted by Gasteiger charge is 2.44. The zero-order valence-corrected chi connectivity index (χ0v) is 43.0. The van der Waals surface area contributed by atoms with E-state index in [1.807, 2.05) is 32.6 Å². The third kappa shape index (κ3) is 42.2. The molecule has 8 atom stereocenters. The lowest BCUT2D eigenvalue weighted by molar-refractivity contribution is -0.156. The van der Waals surface area contributed by atoms with Crippen molar-refractivity contribution in [2.24, 2.45) is 29.6 Å². The molecule has 0 aromatic carbocycles. The molecule has 3 aliphatic heterocycles. The summed E-state index contributed by atoms with van der Waals surface area (Å²) < 4.78 is 79.4. The summed E-state index contributed by atoms with van der Waals surface area (Å²) >= 11 is 0. The normalized spacial score (nSPS) is 20.4. The smallest absolute Gasteiger partial charge is 0.395 e. The molecule has 0 amide bonds. The monoisotopic (exact) mass is 1010 g/mol. The minimum absolute atomic E-state index is 0. The van der Waals surface area contributed by atoms with Crippen molar-refractivity contribution in [2.75, 3.05) is 52.5 Å². The Labute approximate surface area is 403 Å². The Morgan fingerprint density at radius 1 is 0.618 bits per heavy atom. The molecular formula is C47H93F6N3O12. The quantitative estimate of drug-likeness (QED) is 0.0505. The van der Waals surface area contributed by atoms with Gasteiger partial charge in [-0.2, -0.15) is 26.3 Å². The first-order chi connectivity index (χ1) is 30.4. The molecule has 0 aromatic rings. The van der Waals surface area contributed by atoms with E-state index < -0.39 is 73.1 Å². The predicted octanol–water partition coefficient (Wildman–Crippen LogP) is 7.40. The number of halogens is 6. The highest BCUT2D eigenvalue weighted by Crippen LogP contribution is 2.32. The Morgan fingerprint density at radius 3 is 1.21 bits per heavy atom. The van der Waals surface area contributed by atoms with E-state index in [4.69, 9.17) is 30.3 Å². The number of carbonyl (C=O) groups is 4. The van der Waals surface area contributed by atoms with Gasteiger partial charge < -0.3 is 40.1 Å². The minimum Gasteiger partial charge on any atom is -0.479 e. The lowest BCUT2D eigenvalue weighted by Crippen LogP contribution is -2.42. The molecule has 0 aromatic heterocycles. The fourth-order valence-corrected chi connectivity index (χ4v) is 5.20. The highest BCUT2D eigenvalue weighted by molar-refractivity contribution is 5.80. The van der Waals surface area contributed by atoms with Crippen LogP contribution in [-0.2, 0) is 28.7 Å². The molecule has 0 radical (unpaired) electrons. The molecule has 0 saturated carbocycles. The molecular weight excluding hydrogens is 913 g/mol. The second kappa shape index (κ2) is 38.1. The number of ether oxygens (including phenoxy) is 2. The number of nitrogens with zero attached hydrogens (tertiary/aromatic N) is 3. The number of aliphatic hydroxyl groups is 4. The van der Waals surface area contributed by atoms with Gasteiger partial charge in [-0.1, -0.05) is 83.6 Å². The van der Waals surface area contributed by atoms with Crippen LogP contribution in [0.3, 0.4) is 0 Å². The van der Waals surface area contributed by atoms with Crippen LogP contribution in [0.4, 0.5) is 26.3 Å². The van der Waals surface area contributed by atoms with Crippen molar-refractivity contribution < 1.29 is 85.6 Å². The number of Topliss-reactive ketones (excluding diaryl/α,β-unsaturated/α-hetero) is 1. The molecule has 3 unspecified atom stereocenters. The van der Waals surface area contributed by atoms with Crippen molar-refractivity contribution in [3.8, 4) is 0 Å². The van der Waals surface area contributed by atoms with Crippen LogP contribution >= 0.6 is 0 Å². The summed E-state index contributed by atoms with van der Waals surface area (Å²) in [6, 6.07) is 1.72. The Bertz CT molecular complexity index is 1290. The van der Waals surface area contributed by atoms with Crippen molar-refractivity contribution in [3.63, 3.8) is 0 Å². The van der Waals surface area contributed by atoms with Crippen LogP contribution in [0.1, 0.15) is 137 Å². The van der Waals surface area contributed by atoms with Gasteiger partial charge in [0.25, 0.3) is 0 Å². The second-order valence-electron chi connectivity index (χ2n) is 18.7. The molecule has 3 saturated heterocycles. The molecule has 3 fully saturated rings. The number of morpholine rings is 1. The first kappa shape index (κ1) is 74.3. The van der Waals surface area contributed by atoms with E-state index >= 15 is 0 Å². The number of esters is 1. The number of carboxylic acids is 2. The number of ketones is 1. The van der Waals surface area contributed by atoms with Crippen molar-refractivity contribution in [1.29, 1.82) is 0 Å². The van der Waals surface area contributed by atoms with Crippen LogP contribution in [0.15, 0.2) is 0 Å². The molecule has 6 N–H and O–H groups in total. The maximum atomic E-state index is 11.8. The van der Waals surface area contributed by atoms with Crippen LogP contribution < -0.4 is 0 Å². The average molecular weight is 1010 g/mol. The fourth-order valence-electron chi connectivity index (χ4n) is 5.20. The fraction of sp³-hybridized carbons (Fsp3) is 0.915. The van der Waals surface area contributed by atoms with E-state index in [1.165, 1.54) is 26.8 Å². The lowest BCUT2D eigenvalue weighted by atomic mass is 10.1. The van der Waals surface area contributed by atoms with Crippen molar-refractivity contribution in [2.45, 2.75) is 198 Å². The Morgan fingerprint density at radius 2 is 1.00 bits per heavy atom. The van der Waals surface area contributed by atoms with Gasteiger partial charge in [0.2, 0.25) is 0 Å². The van der Waals surface area contributed by atoms with Crippen LogP contribution in [-0.4, -0.2) is 183 Å². The van der Waals surface area contributed by atoms with Gasteiger partial charge in [-0.3, -0.25) is 19.5 Å². The maximum absolute atomic E-state index is 11.8. The molecule has 410 valence electrons. The largest absolute Gasteiger partial charge is 0.479 e. The number of hydrogen-bond donors (Lipinski definition) is 6. The van der Waals surface area contributed by atoms with Gasteiger partial charge in [0.1, 0.15) is 12.2 Å². The molecule has 15 nitrogen and oxygen atoms in total. The van der Waals surface area contributed by atoms with Crippen molar-refractivity contribution in [3.05, 3.63) is 0 Å². The number of β-amino-alcohol motifs (C(OH)–C–C–N with tert-alkyl or cyclic N) is 1. The molecule has 3 rings (SSSR count). The summed E-state index contributed by atoms with van der Waals surface area (Å²) in [5.41, 5.74) is 0. The second-order valence-corrected chi connectivity index (χ2v) is 18.7. The van der Waals surface area contributed by atoms with Crippen LogP contribution in [0.2, 0.25) is 0 Å². The number of aliphatic hydroxyl groups excluding tert-OH is 4. The van der Waals surface area contributed by atoms with Crippen LogP contribution in [0, 0.1) is 29.6 Å². The number of rotatable bonds is 16. The maximum Gasteiger partial charge on any atom is 0.395 e. The summed E-state index contributed by atoms with van der Waals surface area (Å²) in [6.07, 6.45) is -12.5. The third-order valence-electron chi connectivity index (χ3n) is 10.0. The van der Waals surface area contributed by atoms with Gasteiger partial charge in [-0.25, -0.2) is 14.4 Å². The summed E-state index contributed by atoms with van der Waals surface area (Å²) in [5.74, 6) is -4.24. The molecule has 0 bridgehead atoms. The number of hydrogen-bond acceptors (Lipinski definition) is 13. The SMILES string of the molecule is C.CC(C)C(=O)CC(F)(F)F.CC(C)C(O)CN1CCOCC1.CC(C)N1C[C@@H]1CC(F)(F)F.CC(C)[C@@H](O)C(=O)O.CC(C)[C@H](O)C(=O)O.CCOC(=O)[C@@H](O)C(C)C.CC[C@H]1CN1C(C)C. The van der Waals surface area contributed by atoms with Crippen molar-refractivity contribution in [1.82, 2.24) is 14.7 Å². The van der Waals surface area contributed by atoms with E-state index in [-0.39, 0.29) is 43.4 Å².